The summed E-state index contributed by atoms with van der Waals surface area (Å²) in [5.74, 6) is -0.221. The number of aliphatic imine (C=N–C) groups is 1. The maximum absolute atomic E-state index is 12.6. The lowest BCUT2D eigenvalue weighted by Gasteiger charge is -2.31. The van der Waals surface area contributed by atoms with Gasteiger partial charge in [0, 0.05) is 42.1 Å². The van der Waals surface area contributed by atoms with Gasteiger partial charge in [0.25, 0.3) is 0 Å². The topological polar surface area (TPSA) is 94.3 Å². The average Bonchev–Trinajstić information content (AvgIpc) is 2.97. The minimum absolute atomic E-state index is 0.0280. The van der Waals surface area contributed by atoms with Crippen LogP contribution in [0, 0.1) is 0 Å². The SMILES string of the molecule is O=C1C(Br)=CC2(O)CCNc3c(O)c4c5c(c3C2=C1Br)=NCCC=5C=N4. The van der Waals surface area contributed by atoms with E-state index in [1.807, 2.05) is 0 Å². The summed E-state index contributed by atoms with van der Waals surface area (Å²) in [6.45, 7) is 1.02. The maximum Gasteiger partial charge on any atom is 0.207 e. The molecule has 0 fully saturated rings. The van der Waals surface area contributed by atoms with Gasteiger partial charge >= 0.3 is 0 Å². The van der Waals surface area contributed by atoms with Gasteiger partial charge in [-0.15, -0.1) is 0 Å². The molecule has 8 heteroatoms. The summed E-state index contributed by atoms with van der Waals surface area (Å²) >= 11 is 6.63. The molecular formula is C18H13Br2N3O3. The Morgan fingerprint density at radius 3 is 2.92 bits per heavy atom. The number of ketones is 1. The summed E-state index contributed by atoms with van der Waals surface area (Å²) in [7, 11) is 0. The number of allylic oxidation sites excluding steroid dienone is 2. The Labute approximate surface area is 165 Å². The molecule has 6 nitrogen and oxygen atoms in total. The fourth-order valence-electron chi connectivity index (χ4n) is 4.06. The number of nitrogens with zero attached hydrogens (tertiary/aromatic N) is 2. The molecule has 132 valence electrons. The van der Waals surface area contributed by atoms with Crippen LogP contribution >= 0.6 is 31.9 Å². The molecule has 1 unspecified atom stereocenters. The monoisotopic (exact) mass is 477 g/mol. The number of hydrogen-bond donors (Lipinski definition) is 3. The fraction of sp³-hybridized carbons (Fsp3) is 0.278. The van der Waals surface area contributed by atoms with Crippen LogP contribution in [0.5, 0.6) is 5.75 Å². The highest BCUT2D eigenvalue weighted by atomic mass is 79.9. The molecule has 1 atom stereocenters. The molecule has 3 heterocycles. The van der Waals surface area contributed by atoms with E-state index in [4.69, 9.17) is 0 Å². The number of hydrogen-bond acceptors (Lipinski definition) is 6. The number of Topliss-reactive ketones (excluding diaryl/α,β-unsaturated/α-hetero) is 1. The number of rotatable bonds is 0. The second-order valence-corrected chi connectivity index (χ2v) is 8.34. The summed E-state index contributed by atoms with van der Waals surface area (Å²) in [4.78, 5) is 21.6. The molecule has 1 aromatic carbocycles. The van der Waals surface area contributed by atoms with E-state index in [-0.39, 0.29) is 16.0 Å². The van der Waals surface area contributed by atoms with E-state index < -0.39 is 5.60 Å². The van der Waals surface area contributed by atoms with Gasteiger partial charge in [0.1, 0.15) is 11.3 Å². The van der Waals surface area contributed by atoms with Crippen molar-refractivity contribution in [2.45, 2.75) is 18.4 Å². The highest BCUT2D eigenvalue weighted by Crippen LogP contribution is 2.48. The molecule has 1 aliphatic carbocycles. The summed E-state index contributed by atoms with van der Waals surface area (Å²) < 4.78 is 0.585. The Morgan fingerprint density at radius 2 is 2.12 bits per heavy atom. The average molecular weight is 479 g/mol. The van der Waals surface area contributed by atoms with Crippen molar-refractivity contribution in [3.8, 4) is 5.75 Å². The first-order chi connectivity index (χ1) is 12.4. The van der Waals surface area contributed by atoms with Crippen LogP contribution in [-0.4, -0.2) is 40.9 Å². The summed E-state index contributed by atoms with van der Waals surface area (Å²) in [5, 5.41) is 26.9. The summed E-state index contributed by atoms with van der Waals surface area (Å²) in [5.41, 5.74) is 1.64. The van der Waals surface area contributed by atoms with E-state index in [9.17, 15) is 15.0 Å². The zero-order valence-corrected chi connectivity index (χ0v) is 16.6. The van der Waals surface area contributed by atoms with E-state index >= 15 is 0 Å². The zero-order valence-electron chi connectivity index (χ0n) is 13.4. The molecule has 5 rings (SSSR count). The number of aliphatic hydroxyl groups is 1. The molecular weight excluding hydrogens is 466 g/mol. The first kappa shape index (κ1) is 16.4. The Kier molecular flexibility index (Phi) is 3.39. The van der Waals surface area contributed by atoms with Crippen molar-refractivity contribution in [2.75, 3.05) is 18.4 Å². The molecule has 0 spiro atoms. The number of aromatic hydroxyl groups is 1. The molecule has 26 heavy (non-hydrogen) atoms. The number of halogens is 2. The number of carbonyl (C=O) groups excluding carboxylic acids is 1. The zero-order chi connectivity index (χ0) is 18.2. The number of benzene rings is 1. The minimum Gasteiger partial charge on any atom is -0.504 e. The number of carbonyl (C=O) groups is 1. The smallest absolute Gasteiger partial charge is 0.207 e. The first-order valence-electron chi connectivity index (χ1n) is 8.23. The normalized spacial score (nSPS) is 25.7. The van der Waals surface area contributed by atoms with Crippen molar-refractivity contribution in [3.05, 3.63) is 31.2 Å². The van der Waals surface area contributed by atoms with E-state index in [1.165, 1.54) is 6.08 Å². The molecule has 0 saturated carbocycles. The Balaban J connectivity index is 1.98. The maximum atomic E-state index is 12.6. The van der Waals surface area contributed by atoms with Gasteiger partial charge in [0.2, 0.25) is 5.78 Å². The van der Waals surface area contributed by atoms with Crippen LogP contribution in [0.25, 0.3) is 11.1 Å². The van der Waals surface area contributed by atoms with E-state index in [2.05, 4.69) is 47.2 Å². The van der Waals surface area contributed by atoms with Crippen molar-refractivity contribution in [3.63, 3.8) is 0 Å². The van der Waals surface area contributed by atoms with Crippen LogP contribution in [0.3, 0.4) is 0 Å². The van der Waals surface area contributed by atoms with Gasteiger partial charge in [-0.05, 0) is 49.9 Å². The van der Waals surface area contributed by atoms with Crippen molar-refractivity contribution in [2.24, 2.45) is 9.98 Å². The van der Waals surface area contributed by atoms with Gasteiger partial charge in [-0.1, -0.05) is 0 Å². The molecule has 0 saturated heterocycles. The van der Waals surface area contributed by atoms with Crippen LogP contribution < -0.4 is 15.9 Å². The van der Waals surface area contributed by atoms with Crippen molar-refractivity contribution in [1.82, 2.24) is 0 Å². The quantitative estimate of drug-likeness (QED) is 0.495. The molecule has 0 bridgehead atoms. The number of phenolic OH excluding ortho intramolecular Hbond substituents is 1. The lowest BCUT2D eigenvalue weighted by Crippen LogP contribution is -2.39. The third-order valence-electron chi connectivity index (χ3n) is 5.24. The Morgan fingerprint density at radius 1 is 1.31 bits per heavy atom. The van der Waals surface area contributed by atoms with Crippen molar-refractivity contribution in [1.29, 1.82) is 0 Å². The Hall–Kier alpha value is -1.77. The summed E-state index contributed by atoms with van der Waals surface area (Å²) in [6.07, 6.45) is 4.40. The molecule has 0 amide bonds. The number of nitrogens with one attached hydrogen (secondary N) is 1. The Bertz CT molecular complexity index is 1130. The van der Waals surface area contributed by atoms with Gasteiger partial charge in [0.05, 0.1) is 20.0 Å². The largest absolute Gasteiger partial charge is 0.504 e. The fourth-order valence-corrected chi connectivity index (χ4v) is 5.65. The predicted molar refractivity (Wildman–Crippen MR) is 106 cm³/mol. The van der Waals surface area contributed by atoms with E-state index in [0.29, 0.717) is 51.9 Å². The van der Waals surface area contributed by atoms with Crippen LogP contribution in [0.2, 0.25) is 0 Å². The molecule has 3 aliphatic heterocycles. The second-order valence-electron chi connectivity index (χ2n) is 6.70. The van der Waals surface area contributed by atoms with Gasteiger partial charge < -0.3 is 15.5 Å². The van der Waals surface area contributed by atoms with Crippen LogP contribution in [0.4, 0.5) is 11.4 Å². The molecule has 0 radical (unpaired) electrons. The van der Waals surface area contributed by atoms with Gasteiger partial charge in [0.15, 0.2) is 5.75 Å². The standard InChI is InChI=1S/C18H13Br2N3O3/c19-8-5-18(26)2-4-22-15-10(11(18)12(20)16(8)24)13-9-7(1-3-21-13)6-23-14(9)17(15)25/h5-6,22,25-26H,1-4H2. The van der Waals surface area contributed by atoms with E-state index in [1.54, 1.807) is 6.21 Å². The highest BCUT2D eigenvalue weighted by Gasteiger charge is 2.43. The molecule has 4 aliphatic rings. The highest BCUT2D eigenvalue weighted by molar-refractivity contribution is 9.13. The van der Waals surface area contributed by atoms with Crippen molar-refractivity contribution < 1.29 is 15.0 Å². The van der Waals surface area contributed by atoms with Crippen molar-refractivity contribution >= 4 is 66.4 Å². The minimum atomic E-state index is -1.35. The lowest BCUT2D eigenvalue weighted by atomic mass is 9.81. The lowest BCUT2D eigenvalue weighted by molar-refractivity contribution is -0.111. The number of phenols is 1. The van der Waals surface area contributed by atoms with Gasteiger partial charge in [-0.2, -0.15) is 0 Å². The van der Waals surface area contributed by atoms with Gasteiger partial charge in [-0.3, -0.25) is 14.8 Å². The molecule has 1 aromatic rings. The number of anilines is 1. The van der Waals surface area contributed by atoms with Gasteiger partial charge in [-0.25, -0.2) is 0 Å². The number of fused-ring (bicyclic) bond motifs is 4. The van der Waals surface area contributed by atoms with Crippen LogP contribution in [-0.2, 0) is 4.79 Å². The van der Waals surface area contributed by atoms with E-state index in [0.717, 1.165) is 17.2 Å². The molecule has 3 N–H and O–H groups in total. The third kappa shape index (κ3) is 1.97. The molecule has 0 aromatic heterocycles. The second kappa shape index (κ2) is 5.37. The van der Waals surface area contributed by atoms with Crippen LogP contribution in [0.15, 0.2) is 25.0 Å². The summed E-state index contributed by atoms with van der Waals surface area (Å²) in [6, 6.07) is 0. The first-order valence-corrected chi connectivity index (χ1v) is 9.81. The third-order valence-corrected chi connectivity index (χ3v) is 6.58. The van der Waals surface area contributed by atoms with Crippen LogP contribution in [0.1, 0.15) is 18.4 Å². The predicted octanol–water partition coefficient (Wildman–Crippen LogP) is 1.80.